The maximum Gasteiger partial charge on any atom is 0.225 e. The molecule has 4 nitrogen and oxygen atoms in total. The van der Waals surface area contributed by atoms with E-state index in [2.05, 4.69) is 42.2 Å². The standard InChI is InChI=1S/C13H15BrN4S/c14-10-5-12(19-8-10)9-6-16-13(17-7-9)18-3-1-11(15)2-4-18/h5-8,11H,1-4,15H2. The van der Waals surface area contributed by atoms with Crippen molar-refractivity contribution >= 4 is 33.2 Å². The molecule has 1 saturated heterocycles. The number of rotatable bonds is 2. The zero-order valence-electron chi connectivity index (χ0n) is 10.4. The van der Waals surface area contributed by atoms with Crippen molar-refractivity contribution in [3.63, 3.8) is 0 Å². The van der Waals surface area contributed by atoms with Crippen molar-refractivity contribution in [2.75, 3.05) is 18.0 Å². The SMILES string of the molecule is NC1CCN(c2ncc(-c3cc(Br)cs3)cn2)CC1. The fourth-order valence-electron chi connectivity index (χ4n) is 2.18. The van der Waals surface area contributed by atoms with Crippen LogP contribution in [-0.2, 0) is 0 Å². The quantitative estimate of drug-likeness (QED) is 0.914. The first kappa shape index (κ1) is 13.0. The van der Waals surface area contributed by atoms with E-state index in [1.165, 1.54) is 4.88 Å². The summed E-state index contributed by atoms with van der Waals surface area (Å²) in [5.74, 6) is 0.811. The summed E-state index contributed by atoms with van der Waals surface area (Å²) in [5.41, 5.74) is 6.97. The van der Waals surface area contributed by atoms with Gasteiger partial charge in [0.15, 0.2) is 0 Å². The first-order valence-electron chi connectivity index (χ1n) is 6.29. The molecule has 2 aromatic rings. The number of halogens is 1. The van der Waals surface area contributed by atoms with Crippen molar-refractivity contribution in [2.24, 2.45) is 5.73 Å². The number of aromatic nitrogens is 2. The Morgan fingerprint density at radius 1 is 1.26 bits per heavy atom. The van der Waals surface area contributed by atoms with E-state index in [-0.39, 0.29) is 0 Å². The van der Waals surface area contributed by atoms with Gasteiger partial charge in [0.1, 0.15) is 0 Å². The van der Waals surface area contributed by atoms with Gasteiger partial charge in [-0.3, -0.25) is 0 Å². The molecule has 2 N–H and O–H groups in total. The zero-order valence-corrected chi connectivity index (χ0v) is 12.8. The molecule has 1 aliphatic rings. The second-order valence-corrected chi connectivity index (χ2v) is 6.55. The second kappa shape index (κ2) is 5.56. The van der Waals surface area contributed by atoms with Gasteiger partial charge in [-0.2, -0.15) is 0 Å². The number of hydrogen-bond donors (Lipinski definition) is 1. The number of anilines is 1. The third kappa shape index (κ3) is 2.96. The van der Waals surface area contributed by atoms with Crippen LogP contribution in [-0.4, -0.2) is 29.1 Å². The van der Waals surface area contributed by atoms with E-state index in [9.17, 15) is 0 Å². The summed E-state index contributed by atoms with van der Waals surface area (Å²) in [6, 6.07) is 2.42. The highest BCUT2D eigenvalue weighted by Gasteiger charge is 2.18. The summed E-state index contributed by atoms with van der Waals surface area (Å²) in [6.07, 6.45) is 5.83. The molecule has 6 heteroatoms. The average Bonchev–Trinajstić information content (AvgIpc) is 2.87. The van der Waals surface area contributed by atoms with Gasteiger partial charge in [0.05, 0.1) is 0 Å². The van der Waals surface area contributed by atoms with Crippen molar-refractivity contribution in [3.8, 4) is 10.4 Å². The topological polar surface area (TPSA) is 55.0 Å². The molecule has 100 valence electrons. The Kier molecular flexibility index (Phi) is 3.81. The number of hydrogen-bond acceptors (Lipinski definition) is 5. The van der Waals surface area contributed by atoms with Gasteiger partial charge in [0.25, 0.3) is 0 Å². The molecule has 3 heterocycles. The highest BCUT2D eigenvalue weighted by molar-refractivity contribution is 9.10. The molecule has 0 aromatic carbocycles. The lowest BCUT2D eigenvalue weighted by atomic mass is 10.1. The maximum atomic E-state index is 5.91. The molecule has 3 rings (SSSR count). The highest BCUT2D eigenvalue weighted by atomic mass is 79.9. The number of nitrogens with two attached hydrogens (primary N) is 1. The summed E-state index contributed by atoms with van der Waals surface area (Å²) in [7, 11) is 0. The number of nitrogens with zero attached hydrogens (tertiary/aromatic N) is 3. The number of piperidine rings is 1. The first-order valence-corrected chi connectivity index (χ1v) is 7.96. The molecule has 0 amide bonds. The Morgan fingerprint density at radius 3 is 2.53 bits per heavy atom. The van der Waals surface area contributed by atoms with E-state index in [4.69, 9.17) is 5.73 Å². The van der Waals surface area contributed by atoms with Crippen molar-refractivity contribution in [3.05, 3.63) is 28.3 Å². The van der Waals surface area contributed by atoms with Gasteiger partial charge in [-0.15, -0.1) is 11.3 Å². The van der Waals surface area contributed by atoms with Crippen LogP contribution >= 0.6 is 27.3 Å². The summed E-state index contributed by atoms with van der Waals surface area (Å²) in [4.78, 5) is 12.3. The monoisotopic (exact) mass is 338 g/mol. The van der Waals surface area contributed by atoms with Crippen molar-refractivity contribution in [2.45, 2.75) is 18.9 Å². The lowest BCUT2D eigenvalue weighted by Gasteiger charge is -2.30. The summed E-state index contributed by atoms with van der Waals surface area (Å²) in [5, 5.41) is 2.06. The maximum absolute atomic E-state index is 5.91. The van der Waals surface area contributed by atoms with Crippen LogP contribution in [0.25, 0.3) is 10.4 Å². The molecular weight excluding hydrogens is 324 g/mol. The molecule has 19 heavy (non-hydrogen) atoms. The Morgan fingerprint density at radius 2 is 1.95 bits per heavy atom. The molecule has 0 bridgehead atoms. The van der Waals surface area contributed by atoms with E-state index < -0.39 is 0 Å². The molecule has 0 saturated carbocycles. The predicted molar refractivity (Wildman–Crippen MR) is 82.5 cm³/mol. The second-order valence-electron chi connectivity index (χ2n) is 4.73. The normalized spacial score (nSPS) is 16.8. The Hall–Kier alpha value is -0.980. The van der Waals surface area contributed by atoms with Gasteiger partial charge >= 0.3 is 0 Å². The zero-order chi connectivity index (χ0) is 13.2. The Labute approximate surface area is 124 Å². The van der Waals surface area contributed by atoms with E-state index in [1.807, 2.05) is 12.4 Å². The molecule has 2 aromatic heterocycles. The van der Waals surface area contributed by atoms with Crippen molar-refractivity contribution in [1.82, 2.24) is 9.97 Å². The van der Waals surface area contributed by atoms with E-state index >= 15 is 0 Å². The predicted octanol–water partition coefficient (Wildman–Crippen LogP) is 2.90. The summed E-state index contributed by atoms with van der Waals surface area (Å²) >= 11 is 5.15. The van der Waals surface area contributed by atoms with Crippen molar-refractivity contribution in [1.29, 1.82) is 0 Å². The van der Waals surface area contributed by atoms with Gasteiger partial charge in [-0.25, -0.2) is 9.97 Å². The smallest absolute Gasteiger partial charge is 0.225 e. The van der Waals surface area contributed by atoms with Crippen LogP contribution in [0, 0.1) is 0 Å². The van der Waals surface area contributed by atoms with Crippen LogP contribution in [0.4, 0.5) is 5.95 Å². The highest BCUT2D eigenvalue weighted by Crippen LogP contribution is 2.29. The van der Waals surface area contributed by atoms with Crippen LogP contribution in [0.1, 0.15) is 12.8 Å². The average molecular weight is 339 g/mol. The molecule has 1 fully saturated rings. The summed E-state index contributed by atoms with van der Waals surface area (Å²) < 4.78 is 1.10. The number of thiophene rings is 1. The fourth-order valence-corrected chi connectivity index (χ4v) is 3.58. The lowest BCUT2D eigenvalue weighted by molar-refractivity contribution is 0.495. The van der Waals surface area contributed by atoms with E-state index in [1.54, 1.807) is 11.3 Å². The van der Waals surface area contributed by atoms with Gasteiger partial charge < -0.3 is 10.6 Å². The van der Waals surface area contributed by atoms with Gasteiger partial charge in [-0.1, -0.05) is 0 Å². The van der Waals surface area contributed by atoms with E-state index in [0.717, 1.165) is 41.9 Å². The molecule has 0 spiro atoms. The molecule has 0 atom stereocenters. The van der Waals surface area contributed by atoms with Crippen molar-refractivity contribution < 1.29 is 0 Å². The van der Waals surface area contributed by atoms with Crippen LogP contribution in [0.2, 0.25) is 0 Å². The van der Waals surface area contributed by atoms with Crippen LogP contribution < -0.4 is 10.6 Å². The van der Waals surface area contributed by atoms with E-state index in [0.29, 0.717) is 6.04 Å². The first-order chi connectivity index (χ1) is 9.22. The third-order valence-corrected chi connectivity index (χ3v) is 5.05. The summed E-state index contributed by atoms with van der Waals surface area (Å²) in [6.45, 7) is 1.90. The fraction of sp³-hybridized carbons (Fsp3) is 0.385. The minimum atomic E-state index is 0.332. The minimum Gasteiger partial charge on any atom is -0.341 e. The largest absolute Gasteiger partial charge is 0.341 e. The van der Waals surface area contributed by atoms with Crippen LogP contribution in [0.5, 0.6) is 0 Å². The van der Waals surface area contributed by atoms with Gasteiger partial charge in [-0.05, 0) is 34.8 Å². The van der Waals surface area contributed by atoms with Gasteiger partial charge in [0, 0.05) is 51.8 Å². The minimum absolute atomic E-state index is 0.332. The Balaban J connectivity index is 1.75. The van der Waals surface area contributed by atoms with Crippen LogP contribution in [0.3, 0.4) is 0 Å². The molecular formula is C13H15BrN4S. The molecule has 0 aliphatic carbocycles. The van der Waals surface area contributed by atoms with Crippen LogP contribution in [0.15, 0.2) is 28.3 Å². The third-order valence-electron chi connectivity index (χ3n) is 3.31. The molecule has 0 radical (unpaired) electrons. The Bertz CT molecular complexity index is 546. The molecule has 1 aliphatic heterocycles. The molecule has 0 unspecified atom stereocenters. The van der Waals surface area contributed by atoms with Gasteiger partial charge in [0.2, 0.25) is 5.95 Å². The lowest BCUT2D eigenvalue weighted by Crippen LogP contribution is -2.40.